The van der Waals surface area contributed by atoms with Crippen LogP contribution in [0.25, 0.3) is 0 Å². The highest BCUT2D eigenvalue weighted by atomic mass is 35.5. The normalized spacial score (nSPS) is 26.4. The van der Waals surface area contributed by atoms with Crippen molar-refractivity contribution in [3.63, 3.8) is 0 Å². The van der Waals surface area contributed by atoms with Crippen molar-refractivity contribution in [2.45, 2.75) is 0 Å². The summed E-state index contributed by atoms with van der Waals surface area (Å²) in [7, 11) is 0. The first kappa shape index (κ1) is 11.9. The van der Waals surface area contributed by atoms with Gasteiger partial charge in [0.25, 0.3) is 5.91 Å². The van der Waals surface area contributed by atoms with E-state index in [1.165, 1.54) is 12.1 Å². The summed E-state index contributed by atoms with van der Waals surface area (Å²) < 4.78 is 13.7. The zero-order valence-corrected chi connectivity index (χ0v) is 10.6. The van der Waals surface area contributed by atoms with Crippen LogP contribution in [0.2, 0.25) is 5.02 Å². The maximum absolute atomic E-state index is 13.7. The first-order valence-electron chi connectivity index (χ1n) is 6.11. The average molecular weight is 269 g/mol. The maximum Gasteiger partial charge on any atom is 0.258 e. The van der Waals surface area contributed by atoms with Crippen LogP contribution < -0.4 is 5.32 Å². The summed E-state index contributed by atoms with van der Waals surface area (Å²) in [6.45, 7) is 3.28. The second-order valence-corrected chi connectivity index (χ2v) is 5.39. The summed E-state index contributed by atoms with van der Waals surface area (Å²) in [6, 6.07) is 4.34. The molecule has 0 bridgehead atoms. The van der Waals surface area contributed by atoms with Gasteiger partial charge in [-0.3, -0.25) is 4.79 Å². The van der Waals surface area contributed by atoms with Gasteiger partial charge >= 0.3 is 0 Å². The molecule has 1 amide bonds. The van der Waals surface area contributed by atoms with Crippen molar-refractivity contribution in [3.05, 3.63) is 34.6 Å². The van der Waals surface area contributed by atoms with Crippen LogP contribution in [0.4, 0.5) is 4.39 Å². The molecule has 0 aliphatic carbocycles. The zero-order valence-electron chi connectivity index (χ0n) is 9.83. The minimum Gasteiger partial charge on any atom is -0.338 e. The van der Waals surface area contributed by atoms with Gasteiger partial charge in [0.05, 0.1) is 10.6 Å². The molecule has 18 heavy (non-hydrogen) atoms. The molecule has 3 nitrogen and oxygen atoms in total. The monoisotopic (exact) mass is 268 g/mol. The van der Waals surface area contributed by atoms with Crippen LogP contribution in [-0.2, 0) is 0 Å². The van der Waals surface area contributed by atoms with Gasteiger partial charge in [-0.05, 0) is 24.0 Å². The summed E-state index contributed by atoms with van der Waals surface area (Å²) in [5.41, 5.74) is 0.00657. The van der Waals surface area contributed by atoms with Crippen LogP contribution in [-0.4, -0.2) is 37.0 Å². The molecular formula is C13H14ClFN2O. The number of fused-ring (bicyclic) bond motifs is 1. The lowest BCUT2D eigenvalue weighted by Crippen LogP contribution is -2.32. The molecule has 2 aliphatic rings. The molecule has 2 fully saturated rings. The number of halogens is 2. The summed E-state index contributed by atoms with van der Waals surface area (Å²) in [4.78, 5) is 14.0. The van der Waals surface area contributed by atoms with E-state index in [1.807, 2.05) is 0 Å². The van der Waals surface area contributed by atoms with Crippen LogP contribution in [0.1, 0.15) is 10.4 Å². The van der Waals surface area contributed by atoms with Gasteiger partial charge in [0.2, 0.25) is 0 Å². The number of nitrogens with zero attached hydrogens (tertiary/aromatic N) is 1. The molecule has 2 atom stereocenters. The Balaban J connectivity index is 1.83. The predicted molar refractivity (Wildman–Crippen MR) is 67.2 cm³/mol. The van der Waals surface area contributed by atoms with Crippen LogP contribution in [0.15, 0.2) is 18.2 Å². The van der Waals surface area contributed by atoms with E-state index in [1.54, 1.807) is 11.0 Å². The Labute approximate surface area is 110 Å². The Hall–Kier alpha value is -1.13. The van der Waals surface area contributed by atoms with Crippen molar-refractivity contribution < 1.29 is 9.18 Å². The Morgan fingerprint density at radius 2 is 2.00 bits per heavy atom. The third-order valence-electron chi connectivity index (χ3n) is 3.85. The number of carbonyl (C=O) groups excluding carboxylic acids is 1. The van der Waals surface area contributed by atoms with Gasteiger partial charge in [-0.25, -0.2) is 4.39 Å². The predicted octanol–water partition coefficient (Wildman–Crippen LogP) is 1.77. The molecule has 0 saturated carbocycles. The van der Waals surface area contributed by atoms with Crippen LogP contribution >= 0.6 is 11.6 Å². The molecule has 1 N–H and O–H groups in total. The highest BCUT2D eigenvalue weighted by molar-refractivity contribution is 6.33. The van der Waals surface area contributed by atoms with Crippen molar-refractivity contribution >= 4 is 17.5 Å². The van der Waals surface area contributed by atoms with E-state index in [9.17, 15) is 9.18 Å². The van der Waals surface area contributed by atoms with E-state index >= 15 is 0 Å². The molecule has 5 heteroatoms. The number of hydrogen-bond donors (Lipinski definition) is 1. The van der Waals surface area contributed by atoms with Gasteiger partial charge in [-0.2, -0.15) is 0 Å². The number of nitrogens with one attached hydrogen (secondary N) is 1. The number of likely N-dealkylation sites (tertiary alicyclic amines) is 1. The molecule has 96 valence electrons. The van der Waals surface area contributed by atoms with Gasteiger partial charge in [0.15, 0.2) is 0 Å². The summed E-state index contributed by atoms with van der Waals surface area (Å²) in [5.74, 6) is 0.175. The van der Waals surface area contributed by atoms with Crippen molar-refractivity contribution in [1.29, 1.82) is 0 Å². The smallest absolute Gasteiger partial charge is 0.258 e. The van der Waals surface area contributed by atoms with Gasteiger partial charge < -0.3 is 10.2 Å². The summed E-state index contributed by atoms with van der Waals surface area (Å²) >= 11 is 5.92. The number of carbonyl (C=O) groups is 1. The summed E-state index contributed by atoms with van der Waals surface area (Å²) in [6.07, 6.45) is 0. The molecule has 2 aliphatic heterocycles. The second-order valence-electron chi connectivity index (χ2n) is 4.99. The quantitative estimate of drug-likeness (QED) is 0.842. The first-order chi connectivity index (χ1) is 8.66. The molecule has 0 aromatic heterocycles. The van der Waals surface area contributed by atoms with Gasteiger partial charge in [0.1, 0.15) is 5.82 Å². The van der Waals surface area contributed by atoms with Crippen LogP contribution in [0.3, 0.4) is 0 Å². The van der Waals surface area contributed by atoms with E-state index < -0.39 is 5.82 Å². The number of hydrogen-bond acceptors (Lipinski definition) is 2. The van der Waals surface area contributed by atoms with Crippen molar-refractivity contribution in [2.24, 2.45) is 11.8 Å². The van der Waals surface area contributed by atoms with Gasteiger partial charge in [-0.1, -0.05) is 17.7 Å². The van der Waals surface area contributed by atoms with Crippen LogP contribution in [0.5, 0.6) is 0 Å². The molecular weight excluding hydrogens is 255 g/mol. The third kappa shape index (κ3) is 1.89. The molecule has 1 aromatic carbocycles. The molecule has 0 radical (unpaired) electrons. The largest absolute Gasteiger partial charge is 0.338 e. The topological polar surface area (TPSA) is 32.3 Å². The average Bonchev–Trinajstić information content (AvgIpc) is 2.88. The van der Waals surface area contributed by atoms with Crippen molar-refractivity contribution in [2.75, 3.05) is 26.2 Å². The highest BCUT2D eigenvalue weighted by Crippen LogP contribution is 2.29. The van der Waals surface area contributed by atoms with Crippen molar-refractivity contribution in [1.82, 2.24) is 10.2 Å². The molecule has 3 rings (SSSR count). The lowest BCUT2D eigenvalue weighted by atomic mass is 10.0. The fourth-order valence-corrected chi connectivity index (χ4v) is 3.13. The van der Waals surface area contributed by atoms with E-state index in [-0.39, 0.29) is 16.5 Å². The molecule has 1 aromatic rings. The summed E-state index contributed by atoms with van der Waals surface area (Å²) in [5, 5.41) is 3.50. The van der Waals surface area contributed by atoms with Gasteiger partial charge in [-0.15, -0.1) is 0 Å². The zero-order chi connectivity index (χ0) is 12.7. The number of amides is 1. The minimum absolute atomic E-state index is 0.00657. The van der Waals surface area contributed by atoms with Gasteiger partial charge in [0, 0.05) is 26.2 Å². The molecule has 2 heterocycles. The van der Waals surface area contributed by atoms with E-state index in [0.717, 1.165) is 13.1 Å². The molecule has 2 saturated heterocycles. The lowest BCUT2D eigenvalue weighted by molar-refractivity contribution is 0.0777. The third-order valence-corrected chi connectivity index (χ3v) is 4.17. The number of rotatable bonds is 1. The molecule has 2 unspecified atom stereocenters. The Morgan fingerprint density at radius 1 is 1.33 bits per heavy atom. The Bertz CT molecular complexity index is 462. The minimum atomic E-state index is -0.539. The standard InChI is InChI=1S/C13H14ClFN2O/c14-10-2-1-3-11(15)12(10)13(18)17-6-8-4-16-5-9(8)7-17/h1-3,8-9,16H,4-7H2. The maximum atomic E-state index is 13.7. The molecule has 0 spiro atoms. The fourth-order valence-electron chi connectivity index (χ4n) is 2.88. The Kier molecular flexibility index (Phi) is 2.99. The van der Waals surface area contributed by atoms with E-state index in [4.69, 9.17) is 11.6 Å². The first-order valence-corrected chi connectivity index (χ1v) is 6.48. The number of benzene rings is 1. The SMILES string of the molecule is O=C(c1c(F)cccc1Cl)N1CC2CNCC2C1. The van der Waals surface area contributed by atoms with E-state index in [2.05, 4.69) is 5.32 Å². The fraction of sp³-hybridized carbons (Fsp3) is 0.462. The highest BCUT2D eigenvalue weighted by Gasteiger charge is 2.39. The Morgan fingerprint density at radius 3 is 2.61 bits per heavy atom. The lowest BCUT2D eigenvalue weighted by Gasteiger charge is -2.18. The van der Waals surface area contributed by atoms with Crippen molar-refractivity contribution in [3.8, 4) is 0 Å². The van der Waals surface area contributed by atoms with Crippen LogP contribution in [0, 0.1) is 17.7 Å². The van der Waals surface area contributed by atoms with E-state index in [0.29, 0.717) is 24.9 Å². The second kappa shape index (κ2) is 4.52.